The molecule has 0 aliphatic carbocycles. The molecule has 7 nitrogen and oxygen atoms in total. The van der Waals surface area contributed by atoms with Crippen molar-refractivity contribution in [3.8, 4) is 0 Å². The molecule has 1 aromatic carbocycles. The first-order valence-corrected chi connectivity index (χ1v) is 12.0. The average Bonchev–Trinajstić information content (AvgIpc) is 3.10. The van der Waals surface area contributed by atoms with Crippen LogP contribution in [0.15, 0.2) is 35.6 Å². The predicted molar refractivity (Wildman–Crippen MR) is 116 cm³/mol. The third-order valence-corrected chi connectivity index (χ3v) is 7.31. The summed E-state index contributed by atoms with van der Waals surface area (Å²) in [4.78, 5) is 12.5. The van der Waals surface area contributed by atoms with Crippen molar-refractivity contribution in [2.45, 2.75) is 46.1 Å². The Morgan fingerprint density at radius 1 is 1.31 bits per heavy atom. The number of carbonyl (C=O) groups excluding carboxylic acids is 1. The number of aromatic nitrogens is 1. The SMILES string of the molecule is CCCCn1cc(/C=N/NC(=O)C2CCCN(S(=O)(=O)CC)C2)c2ccccc21. The minimum Gasteiger partial charge on any atom is -0.347 e. The molecule has 1 atom stereocenters. The monoisotopic (exact) mass is 418 g/mol. The van der Waals surface area contributed by atoms with Crippen LogP contribution in [-0.2, 0) is 21.4 Å². The number of carbonyl (C=O) groups is 1. The Morgan fingerprint density at radius 2 is 2.10 bits per heavy atom. The first-order chi connectivity index (χ1) is 14.0. The van der Waals surface area contributed by atoms with Gasteiger partial charge in [0.05, 0.1) is 17.9 Å². The summed E-state index contributed by atoms with van der Waals surface area (Å²) < 4.78 is 27.8. The van der Waals surface area contributed by atoms with Crippen molar-refractivity contribution in [1.82, 2.24) is 14.3 Å². The van der Waals surface area contributed by atoms with Crippen LogP contribution in [0.25, 0.3) is 10.9 Å². The zero-order valence-electron chi connectivity index (χ0n) is 17.2. The van der Waals surface area contributed by atoms with Crippen molar-refractivity contribution < 1.29 is 13.2 Å². The van der Waals surface area contributed by atoms with E-state index in [9.17, 15) is 13.2 Å². The molecule has 3 rings (SSSR count). The third-order valence-electron chi connectivity index (χ3n) is 5.46. The maximum atomic E-state index is 12.5. The summed E-state index contributed by atoms with van der Waals surface area (Å²) in [5.74, 6) is -0.540. The highest BCUT2D eigenvalue weighted by atomic mass is 32.2. The highest BCUT2D eigenvalue weighted by Crippen LogP contribution is 2.21. The van der Waals surface area contributed by atoms with Gasteiger partial charge in [-0.3, -0.25) is 4.79 Å². The molecule has 2 aromatic rings. The number of unbranched alkanes of at least 4 members (excludes halogenated alkanes) is 1. The van der Waals surface area contributed by atoms with Crippen molar-refractivity contribution in [2.24, 2.45) is 11.0 Å². The summed E-state index contributed by atoms with van der Waals surface area (Å²) in [6.07, 6.45) is 7.32. The largest absolute Gasteiger partial charge is 0.347 e. The highest BCUT2D eigenvalue weighted by Gasteiger charge is 2.31. The van der Waals surface area contributed by atoms with E-state index >= 15 is 0 Å². The molecule has 1 aromatic heterocycles. The second-order valence-corrected chi connectivity index (χ2v) is 9.74. The number of amides is 1. The van der Waals surface area contributed by atoms with Crippen molar-refractivity contribution in [3.05, 3.63) is 36.0 Å². The van der Waals surface area contributed by atoms with E-state index in [-0.39, 0.29) is 24.1 Å². The Balaban J connectivity index is 1.67. The van der Waals surface area contributed by atoms with Gasteiger partial charge in [-0.25, -0.2) is 18.1 Å². The fourth-order valence-electron chi connectivity index (χ4n) is 3.74. The molecular weight excluding hydrogens is 388 g/mol. The number of hydrazone groups is 1. The molecule has 1 unspecified atom stereocenters. The number of fused-ring (bicyclic) bond motifs is 1. The van der Waals surface area contributed by atoms with Gasteiger partial charge in [-0.05, 0) is 32.3 Å². The molecule has 2 heterocycles. The normalized spacial score (nSPS) is 18.5. The quantitative estimate of drug-likeness (QED) is 0.528. The molecule has 1 aliphatic heterocycles. The lowest BCUT2D eigenvalue weighted by atomic mass is 9.99. The summed E-state index contributed by atoms with van der Waals surface area (Å²) in [5.41, 5.74) is 4.72. The number of hydrogen-bond acceptors (Lipinski definition) is 4. The van der Waals surface area contributed by atoms with Gasteiger partial charge in [0.25, 0.3) is 0 Å². The number of benzene rings is 1. The van der Waals surface area contributed by atoms with Crippen LogP contribution in [-0.4, -0.2) is 48.3 Å². The first-order valence-electron chi connectivity index (χ1n) is 10.3. The standard InChI is InChI=1S/C21H30N4O3S/c1-3-5-12-24-15-18(19-10-6-7-11-20(19)24)14-22-23-21(26)17-9-8-13-25(16-17)29(27,28)4-2/h6-7,10-11,14-15,17H,3-5,8-9,12-13,16H2,1-2H3,(H,23,26)/b22-14+. The highest BCUT2D eigenvalue weighted by molar-refractivity contribution is 7.89. The summed E-state index contributed by atoms with van der Waals surface area (Å²) in [5, 5.41) is 5.26. The number of sulfonamides is 1. The van der Waals surface area contributed by atoms with Crippen LogP contribution >= 0.6 is 0 Å². The fourth-order valence-corrected chi connectivity index (χ4v) is 4.92. The predicted octanol–water partition coefficient (Wildman–Crippen LogP) is 2.95. The molecule has 1 N–H and O–H groups in total. The van der Waals surface area contributed by atoms with E-state index in [4.69, 9.17) is 0 Å². The molecule has 0 bridgehead atoms. The number of aryl methyl sites for hydroxylation is 1. The molecular formula is C21H30N4O3S. The van der Waals surface area contributed by atoms with Crippen LogP contribution in [0.2, 0.25) is 0 Å². The summed E-state index contributed by atoms with van der Waals surface area (Å²) >= 11 is 0. The number of hydrogen-bond donors (Lipinski definition) is 1. The molecule has 8 heteroatoms. The van der Waals surface area contributed by atoms with E-state index in [1.54, 1.807) is 13.1 Å². The summed E-state index contributed by atoms with van der Waals surface area (Å²) in [6, 6.07) is 8.15. The van der Waals surface area contributed by atoms with Crippen LogP contribution in [0.1, 0.15) is 45.1 Å². The summed E-state index contributed by atoms with van der Waals surface area (Å²) in [7, 11) is -3.27. The van der Waals surface area contributed by atoms with Crippen molar-refractivity contribution in [2.75, 3.05) is 18.8 Å². The average molecular weight is 419 g/mol. The maximum absolute atomic E-state index is 12.5. The second kappa shape index (κ2) is 9.54. The molecule has 1 aliphatic rings. The molecule has 1 saturated heterocycles. The van der Waals surface area contributed by atoms with E-state index in [0.29, 0.717) is 19.4 Å². The molecule has 29 heavy (non-hydrogen) atoms. The van der Waals surface area contributed by atoms with E-state index < -0.39 is 10.0 Å². The van der Waals surface area contributed by atoms with Gasteiger partial charge in [0.2, 0.25) is 15.9 Å². The van der Waals surface area contributed by atoms with Gasteiger partial charge < -0.3 is 4.57 Å². The van der Waals surface area contributed by atoms with Gasteiger partial charge in [-0.1, -0.05) is 31.5 Å². The van der Waals surface area contributed by atoms with Crippen LogP contribution in [0.3, 0.4) is 0 Å². The Bertz CT molecular complexity index is 981. The molecule has 0 radical (unpaired) electrons. The Morgan fingerprint density at radius 3 is 2.86 bits per heavy atom. The van der Waals surface area contributed by atoms with Crippen molar-refractivity contribution in [3.63, 3.8) is 0 Å². The Kier molecular flexibility index (Phi) is 7.08. The number of para-hydroxylation sites is 1. The number of nitrogens with zero attached hydrogens (tertiary/aromatic N) is 3. The number of piperidine rings is 1. The van der Waals surface area contributed by atoms with Gasteiger partial charge in [-0.2, -0.15) is 5.10 Å². The van der Waals surface area contributed by atoms with Gasteiger partial charge in [0, 0.05) is 42.3 Å². The number of rotatable bonds is 8. The van der Waals surface area contributed by atoms with Gasteiger partial charge in [-0.15, -0.1) is 0 Å². The van der Waals surface area contributed by atoms with Crippen molar-refractivity contribution >= 4 is 33.0 Å². The molecule has 1 fully saturated rings. The molecule has 1 amide bonds. The van der Waals surface area contributed by atoms with Crippen LogP contribution in [0.5, 0.6) is 0 Å². The molecule has 0 spiro atoms. The minimum absolute atomic E-state index is 0.0571. The van der Waals surface area contributed by atoms with Gasteiger partial charge in [0.15, 0.2) is 0 Å². The van der Waals surface area contributed by atoms with Crippen LogP contribution < -0.4 is 5.43 Å². The Hall–Kier alpha value is -2.19. The van der Waals surface area contributed by atoms with E-state index in [0.717, 1.165) is 35.9 Å². The van der Waals surface area contributed by atoms with Crippen molar-refractivity contribution in [1.29, 1.82) is 0 Å². The fraction of sp³-hybridized carbons (Fsp3) is 0.524. The van der Waals surface area contributed by atoms with E-state index in [1.165, 1.54) is 4.31 Å². The topological polar surface area (TPSA) is 83.8 Å². The van der Waals surface area contributed by atoms with Crippen LogP contribution in [0, 0.1) is 5.92 Å². The lowest BCUT2D eigenvalue weighted by molar-refractivity contribution is -0.126. The van der Waals surface area contributed by atoms with Gasteiger partial charge >= 0.3 is 0 Å². The Labute approximate surface area is 172 Å². The zero-order valence-corrected chi connectivity index (χ0v) is 18.0. The second-order valence-electron chi connectivity index (χ2n) is 7.48. The first kappa shape index (κ1) is 21.5. The van der Waals surface area contributed by atoms with E-state index in [1.807, 2.05) is 12.1 Å². The molecule has 0 saturated carbocycles. The van der Waals surface area contributed by atoms with Gasteiger partial charge in [0.1, 0.15) is 0 Å². The third kappa shape index (κ3) is 5.05. The minimum atomic E-state index is -3.27. The maximum Gasteiger partial charge on any atom is 0.244 e. The zero-order chi connectivity index (χ0) is 20.9. The molecule has 158 valence electrons. The lowest BCUT2D eigenvalue weighted by Crippen LogP contribution is -2.45. The summed E-state index contributed by atoms with van der Waals surface area (Å²) in [6.45, 7) is 5.46. The van der Waals surface area contributed by atoms with Crippen LogP contribution in [0.4, 0.5) is 0 Å². The van der Waals surface area contributed by atoms with E-state index in [2.05, 4.69) is 40.3 Å². The smallest absolute Gasteiger partial charge is 0.244 e. The number of nitrogens with one attached hydrogen (secondary N) is 1. The lowest BCUT2D eigenvalue weighted by Gasteiger charge is -2.30.